The van der Waals surface area contributed by atoms with Crippen LogP contribution >= 0.6 is 0 Å². The third-order valence-electron chi connectivity index (χ3n) is 16.7. The Morgan fingerprint density at radius 2 is 1.40 bits per heavy atom. The summed E-state index contributed by atoms with van der Waals surface area (Å²) in [4.78, 5) is 19.4. The van der Waals surface area contributed by atoms with Crippen molar-refractivity contribution in [2.24, 2.45) is 5.41 Å². The molecule has 0 saturated heterocycles. The Labute approximate surface area is 497 Å². The zero-order chi connectivity index (χ0) is 55.3. The third-order valence-corrected chi connectivity index (χ3v) is 16.7. The number of rotatable bonds is 9. The Morgan fingerprint density at radius 3 is 2.23 bits per heavy atom. The Balaban J connectivity index is 0.000000160. The van der Waals surface area contributed by atoms with Gasteiger partial charge in [-0.25, -0.2) is 4.98 Å². The molecule has 7 nitrogen and oxygen atoms in total. The van der Waals surface area contributed by atoms with Crippen LogP contribution in [0, 0.1) is 37.5 Å². The van der Waals surface area contributed by atoms with E-state index in [1.807, 2.05) is 91.4 Å². The van der Waals surface area contributed by atoms with E-state index in [0.29, 0.717) is 11.3 Å². The van der Waals surface area contributed by atoms with Crippen LogP contribution in [0.4, 0.5) is 0 Å². The van der Waals surface area contributed by atoms with Crippen molar-refractivity contribution in [3.05, 3.63) is 265 Å². The molecule has 8 aromatic carbocycles. The molecular weight excluding hydrogens is 1190 g/mol. The second-order valence-electron chi connectivity index (χ2n) is 22.7. The number of fused-ring (bicyclic) bond motifs is 8. The summed E-state index contributed by atoms with van der Waals surface area (Å²) in [6.45, 7) is 9.21. The maximum absolute atomic E-state index is 6.26. The molecule has 0 amide bonds. The van der Waals surface area contributed by atoms with Gasteiger partial charge < -0.3 is 19.4 Å². The average molecular weight is 1250 g/mol. The molecule has 15 rings (SSSR count). The average Bonchev–Trinajstić information content (AvgIpc) is 4.08. The van der Waals surface area contributed by atoms with Crippen molar-refractivity contribution < 1.29 is 24.5 Å². The predicted octanol–water partition coefficient (Wildman–Crippen LogP) is 18.8. The van der Waals surface area contributed by atoms with E-state index in [-0.39, 0.29) is 20.1 Å². The Morgan fingerprint density at radius 1 is 0.590 bits per heavy atom. The first kappa shape index (κ1) is 53.3. The zero-order valence-electron chi connectivity index (χ0n) is 46.8. The van der Waals surface area contributed by atoms with E-state index in [9.17, 15) is 0 Å². The first-order valence-electron chi connectivity index (χ1n) is 28.5. The summed E-state index contributed by atoms with van der Waals surface area (Å²) in [5.41, 5.74) is 24.2. The van der Waals surface area contributed by atoms with Crippen LogP contribution in [0.2, 0.25) is 0 Å². The number of imidazole rings is 2. The number of aromatic nitrogens is 6. The number of benzene rings is 8. The maximum Gasteiger partial charge on any atom is 3.00 e. The van der Waals surface area contributed by atoms with Gasteiger partial charge in [-0.05, 0) is 162 Å². The second-order valence-corrected chi connectivity index (χ2v) is 22.7. The van der Waals surface area contributed by atoms with Crippen LogP contribution in [0.1, 0.15) is 73.3 Å². The number of furan rings is 1. The second kappa shape index (κ2) is 22.4. The quantitative estimate of drug-likeness (QED) is 0.135. The van der Waals surface area contributed by atoms with Crippen LogP contribution < -0.4 is 0 Å². The van der Waals surface area contributed by atoms with Crippen molar-refractivity contribution in [3.8, 4) is 61.7 Å². The Hall–Kier alpha value is -9.07. The van der Waals surface area contributed by atoms with Gasteiger partial charge in [0.2, 0.25) is 5.78 Å². The van der Waals surface area contributed by atoms with Gasteiger partial charge in [-0.2, -0.15) is 0 Å². The van der Waals surface area contributed by atoms with E-state index in [1.54, 1.807) is 0 Å². The van der Waals surface area contributed by atoms with Crippen molar-refractivity contribution in [3.63, 3.8) is 0 Å². The first-order valence-corrected chi connectivity index (χ1v) is 28.5. The number of pyridine rings is 3. The van der Waals surface area contributed by atoms with Crippen LogP contribution in [0.3, 0.4) is 0 Å². The van der Waals surface area contributed by atoms with Gasteiger partial charge in [0, 0.05) is 29.7 Å². The molecule has 0 N–H and O–H groups in total. The molecule has 404 valence electrons. The van der Waals surface area contributed by atoms with Crippen molar-refractivity contribution >= 4 is 49.8 Å². The number of hydrogen-bond acceptors (Lipinski definition) is 5. The van der Waals surface area contributed by atoms with Gasteiger partial charge in [0.25, 0.3) is 0 Å². The molecule has 1 aliphatic carbocycles. The molecule has 0 bridgehead atoms. The molecule has 14 aromatic rings. The topological polar surface area (TPSA) is 74.0 Å². The summed E-state index contributed by atoms with van der Waals surface area (Å²) in [6, 6.07) is 79.7. The molecular formula is C75H59IrN6O. The van der Waals surface area contributed by atoms with E-state index >= 15 is 0 Å². The fraction of sp³-hybridized carbons (Fsp3) is 0.147. The van der Waals surface area contributed by atoms with E-state index < -0.39 is 0 Å². The van der Waals surface area contributed by atoms with Crippen LogP contribution in [-0.2, 0) is 26.5 Å². The minimum atomic E-state index is 0. The molecule has 6 heterocycles. The van der Waals surface area contributed by atoms with Gasteiger partial charge in [0.15, 0.2) is 0 Å². The third kappa shape index (κ3) is 10.2. The van der Waals surface area contributed by atoms with E-state index in [4.69, 9.17) is 19.4 Å². The smallest absolute Gasteiger partial charge is 0.501 e. The Kier molecular flexibility index (Phi) is 14.3. The maximum atomic E-state index is 6.26. The number of nitrogens with zero attached hydrogens (tertiary/aromatic N) is 6. The first-order chi connectivity index (χ1) is 40.2. The van der Waals surface area contributed by atoms with Gasteiger partial charge in [-0.15, -0.1) is 83.9 Å². The summed E-state index contributed by atoms with van der Waals surface area (Å²) >= 11 is 0. The molecule has 83 heavy (non-hydrogen) atoms. The summed E-state index contributed by atoms with van der Waals surface area (Å²) in [5, 5.41) is 2.23. The number of para-hydroxylation sites is 3. The fourth-order valence-corrected chi connectivity index (χ4v) is 12.4. The van der Waals surface area contributed by atoms with E-state index in [2.05, 4.69) is 187 Å². The van der Waals surface area contributed by atoms with E-state index in [1.165, 1.54) is 59.1 Å². The van der Waals surface area contributed by atoms with Crippen molar-refractivity contribution in [2.75, 3.05) is 0 Å². The van der Waals surface area contributed by atoms with Crippen molar-refractivity contribution in [2.45, 2.75) is 65.7 Å². The number of hydrogen-bond donors (Lipinski definition) is 0. The molecule has 1 saturated carbocycles. The van der Waals surface area contributed by atoms with Gasteiger partial charge in [0.05, 0.1) is 27.6 Å². The van der Waals surface area contributed by atoms with E-state index in [0.717, 1.165) is 112 Å². The normalized spacial score (nSPS) is 13.3. The van der Waals surface area contributed by atoms with Crippen LogP contribution in [0.25, 0.3) is 111 Å². The summed E-state index contributed by atoms with van der Waals surface area (Å²) in [7, 11) is 0. The van der Waals surface area contributed by atoms with Gasteiger partial charge in [-0.1, -0.05) is 133 Å². The molecule has 0 spiro atoms. The summed E-state index contributed by atoms with van der Waals surface area (Å²) < 4.78 is 10.8. The summed E-state index contributed by atoms with van der Waals surface area (Å²) in [6.07, 6.45) is 11.6. The van der Waals surface area contributed by atoms with Crippen LogP contribution in [0.5, 0.6) is 0 Å². The largest absolute Gasteiger partial charge is 3.00 e. The van der Waals surface area contributed by atoms with Gasteiger partial charge >= 0.3 is 20.1 Å². The monoisotopic (exact) mass is 1250 g/mol. The minimum Gasteiger partial charge on any atom is -0.501 e. The minimum absolute atomic E-state index is 0. The molecule has 0 aliphatic heterocycles. The van der Waals surface area contributed by atoms with Crippen LogP contribution in [-0.4, -0.2) is 28.9 Å². The standard InChI is InChI=1S/C42H27N5.C33H32NO.Ir/c1-3-12-30(13-4-1)40-33(16-11-25-44-40)26-29-22-23-37-39(27-29)47-41-35(31-14-9-15-32(28-31)36-20-7-8-24-43-36)19-10-21-38(41)46(42(47)45-37)34-17-5-2-6-18-34;1-21-18-24(23-14-16-33(3,4)17-15-23)12-13-25(21)29-19-30(34-20-22(29)2)28-10-7-9-27-26-8-5-6-11-31(26)35-32(27)28;/h1-12,14,16-25,27-28H,26H2;5-9,11-13,18-20,23H,14-17H2,1-4H3;/q-2;-1;+3. The molecule has 1 aliphatic rings. The molecule has 0 atom stereocenters. The Bertz CT molecular complexity index is 4660. The number of aryl methyl sites for hydroxylation is 2. The predicted molar refractivity (Wildman–Crippen MR) is 334 cm³/mol. The van der Waals surface area contributed by atoms with Crippen molar-refractivity contribution in [1.29, 1.82) is 0 Å². The molecule has 0 radical (unpaired) electrons. The van der Waals surface area contributed by atoms with Crippen LogP contribution in [0.15, 0.2) is 223 Å². The zero-order valence-corrected chi connectivity index (χ0v) is 49.2. The molecule has 6 aromatic heterocycles. The summed E-state index contributed by atoms with van der Waals surface area (Å²) in [5.74, 6) is 1.56. The molecule has 8 heteroatoms. The molecule has 0 unspecified atom stereocenters. The van der Waals surface area contributed by atoms with Gasteiger partial charge in [0.1, 0.15) is 5.58 Å². The molecule has 1 fully saturated rings. The van der Waals surface area contributed by atoms with Gasteiger partial charge in [-0.3, -0.25) is 8.97 Å². The SMILES string of the molecule is Cc1cc(C2CCC(C)(C)CC2)ccc1-c1cc(-c2[c-]ccc3c2oc2ccccc23)ncc1C.[Ir+3].[c-]1ccc(-c2cccc3c2n2c4cc(Cc5cccnc5-c5[c-]cccc5)ccc4nc2n3-c2ccccc2)cc1-c1ccccn1. The van der Waals surface area contributed by atoms with Crippen molar-refractivity contribution in [1.82, 2.24) is 28.9 Å². The fourth-order valence-electron chi connectivity index (χ4n) is 12.4.